The van der Waals surface area contributed by atoms with Crippen molar-refractivity contribution in [2.75, 3.05) is 26.2 Å². The van der Waals surface area contributed by atoms with E-state index < -0.39 is 0 Å². The monoisotopic (exact) mass is 434 g/mol. The predicted molar refractivity (Wildman–Crippen MR) is 123 cm³/mol. The molecule has 1 amide bonds. The number of para-hydroxylation sites is 1. The lowest BCUT2D eigenvalue weighted by atomic mass is 10.2. The highest BCUT2D eigenvalue weighted by Crippen LogP contribution is 2.21. The number of amides is 1. The highest BCUT2D eigenvalue weighted by molar-refractivity contribution is 7.09. The largest absolute Gasteiger partial charge is 0.487 e. The smallest absolute Gasteiger partial charge is 0.246 e. The number of thiazole rings is 1. The molecule has 7 heteroatoms. The summed E-state index contributed by atoms with van der Waals surface area (Å²) < 4.78 is 5.94. The van der Waals surface area contributed by atoms with E-state index in [4.69, 9.17) is 4.74 Å². The molecule has 0 unspecified atom stereocenters. The van der Waals surface area contributed by atoms with E-state index in [1.807, 2.05) is 71.9 Å². The second kappa shape index (κ2) is 10.3. The molecular weight excluding hydrogens is 408 g/mol. The number of rotatable bonds is 7. The van der Waals surface area contributed by atoms with Gasteiger partial charge in [-0.05, 0) is 31.2 Å². The molecule has 2 aromatic heterocycles. The molecule has 0 saturated carbocycles. The zero-order chi connectivity index (χ0) is 21.5. The van der Waals surface area contributed by atoms with Crippen LogP contribution >= 0.6 is 11.3 Å². The molecule has 1 aromatic carbocycles. The number of hydrogen-bond donors (Lipinski definition) is 0. The van der Waals surface area contributed by atoms with Crippen LogP contribution in [0.4, 0.5) is 0 Å². The highest BCUT2D eigenvalue weighted by Gasteiger charge is 2.20. The number of piperazine rings is 1. The highest BCUT2D eigenvalue weighted by atomic mass is 32.1. The first-order valence-corrected chi connectivity index (χ1v) is 11.3. The Morgan fingerprint density at radius 3 is 2.65 bits per heavy atom. The lowest BCUT2D eigenvalue weighted by molar-refractivity contribution is -0.127. The first kappa shape index (κ1) is 21.2. The van der Waals surface area contributed by atoms with Gasteiger partial charge in [0, 0.05) is 55.9 Å². The van der Waals surface area contributed by atoms with Crippen LogP contribution < -0.4 is 4.74 Å². The molecule has 1 saturated heterocycles. The SMILES string of the molecule is Cc1nc(COc2ccccc2/C=C/C(=O)N2CCN(Cc3ccccn3)CC2)cs1. The second-order valence-electron chi connectivity index (χ2n) is 7.44. The van der Waals surface area contributed by atoms with Crippen LogP contribution in [0, 0.1) is 6.92 Å². The van der Waals surface area contributed by atoms with Crippen molar-refractivity contribution in [3.05, 3.63) is 82.1 Å². The molecule has 0 radical (unpaired) electrons. The number of hydrogen-bond acceptors (Lipinski definition) is 6. The maximum absolute atomic E-state index is 12.7. The summed E-state index contributed by atoms with van der Waals surface area (Å²) in [7, 11) is 0. The Morgan fingerprint density at radius 2 is 1.90 bits per heavy atom. The van der Waals surface area contributed by atoms with E-state index in [1.54, 1.807) is 17.4 Å². The molecule has 0 spiro atoms. The number of nitrogens with zero attached hydrogens (tertiary/aromatic N) is 4. The van der Waals surface area contributed by atoms with E-state index in [0.29, 0.717) is 6.61 Å². The van der Waals surface area contributed by atoms with Crippen LogP contribution in [-0.4, -0.2) is 51.9 Å². The fourth-order valence-electron chi connectivity index (χ4n) is 3.49. The summed E-state index contributed by atoms with van der Waals surface area (Å²) in [6, 6.07) is 13.7. The van der Waals surface area contributed by atoms with Gasteiger partial charge in [0.25, 0.3) is 0 Å². The molecule has 0 atom stereocenters. The quantitative estimate of drug-likeness (QED) is 0.530. The Hall–Kier alpha value is -3.03. The van der Waals surface area contributed by atoms with Crippen LogP contribution in [0.1, 0.15) is 22.0 Å². The van der Waals surface area contributed by atoms with Crippen molar-refractivity contribution in [1.82, 2.24) is 19.8 Å². The van der Waals surface area contributed by atoms with Crippen molar-refractivity contribution in [1.29, 1.82) is 0 Å². The van der Waals surface area contributed by atoms with Crippen molar-refractivity contribution in [2.45, 2.75) is 20.1 Å². The third kappa shape index (κ3) is 5.99. The van der Waals surface area contributed by atoms with Gasteiger partial charge in [-0.2, -0.15) is 0 Å². The summed E-state index contributed by atoms with van der Waals surface area (Å²) in [4.78, 5) is 25.7. The molecule has 1 aliphatic rings. The molecule has 3 aromatic rings. The summed E-state index contributed by atoms with van der Waals surface area (Å²) in [5.74, 6) is 0.778. The maximum Gasteiger partial charge on any atom is 0.246 e. The van der Waals surface area contributed by atoms with Gasteiger partial charge in [0.1, 0.15) is 12.4 Å². The van der Waals surface area contributed by atoms with Gasteiger partial charge in [-0.3, -0.25) is 14.7 Å². The molecule has 4 rings (SSSR count). The Labute approximate surface area is 186 Å². The Kier molecular flexibility index (Phi) is 7.07. The van der Waals surface area contributed by atoms with Gasteiger partial charge in [0.15, 0.2) is 0 Å². The first-order chi connectivity index (χ1) is 15.2. The van der Waals surface area contributed by atoms with E-state index in [9.17, 15) is 4.79 Å². The summed E-state index contributed by atoms with van der Waals surface area (Å²) >= 11 is 1.61. The molecule has 3 heterocycles. The average Bonchev–Trinajstić information content (AvgIpc) is 3.23. The topological polar surface area (TPSA) is 58.6 Å². The molecule has 31 heavy (non-hydrogen) atoms. The van der Waals surface area contributed by atoms with Crippen molar-refractivity contribution < 1.29 is 9.53 Å². The molecule has 160 valence electrons. The maximum atomic E-state index is 12.7. The van der Waals surface area contributed by atoms with Gasteiger partial charge >= 0.3 is 0 Å². The molecule has 0 bridgehead atoms. The van der Waals surface area contributed by atoms with Crippen molar-refractivity contribution in [3.8, 4) is 5.75 Å². The predicted octanol–water partition coefficient (Wildman–Crippen LogP) is 3.78. The molecular formula is C24H26N4O2S. The van der Waals surface area contributed by atoms with E-state index in [-0.39, 0.29) is 5.91 Å². The molecule has 1 fully saturated rings. The number of benzene rings is 1. The minimum atomic E-state index is 0.0300. The Morgan fingerprint density at radius 1 is 1.10 bits per heavy atom. The standard InChI is InChI=1S/C24H26N4O2S/c1-19-26-22(18-31-19)17-30-23-8-3-2-6-20(23)9-10-24(29)28-14-12-27(13-15-28)16-21-7-4-5-11-25-21/h2-11,18H,12-17H2,1H3/b10-9+. The lowest BCUT2D eigenvalue weighted by Crippen LogP contribution is -2.47. The number of pyridine rings is 1. The van der Waals surface area contributed by atoms with Gasteiger partial charge in [-0.15, -0.1) is 11.3 Å². The molecule has 0 aliphatic carbocycles. The summed E-state index contributed by atoms with van der Waals surface area (Å²) in [6.45, 7) is 6.36. The van der Waals surface area contributed by atoms with Crippen LogP contribution in [0.2, 0.25) is 0 Å². The zero-order valence-corrected chi connectivity index (χ0v) is 18.4. The van der Waals surface area contributed by atoms with E-state index in [1.165, 1.54) is 0 Å². The molecule has 0 N–H and O–H groups in total. The third-order valence-electron chi connectivity index (χ3n) is 5.16. The van der Waals surface area contributed by atoms with Gasteiger partial charge in [0.05, 0.1) is 16.4 Å². The van der Waals surface area contributed by atoms with E-state index in [2.05, 4.69) is 14.9 Å². The number of aromatic nitrogens is 2. The summed E-state index contributed by atoms with van der Waals surface area (Å²) in [5.41, 5.74) is 2.86. The normalized spacial score (nSPS) is 14.8. The van der Waals surface area contributed by atoms with Crippen LogP contribution in [0.5, 0.6) is 5.75 Å². The van der Waals surface area contributed by atoms with E-state index >= 15 is 0 Å². The van der Waals surface area contributed by atoms with Crippen molar-refractivity contribution in [3.63, 3.8) is 0 Å². The fraction of sp³-hybridized carbons (Fsp3) is 0.292. The Balaban J connectivity index is 1.30. The Bertz CT molecular complexity index is 1030. The molecule has 6 nitrogen and oxygen atoms in total. The number of aryl methyl sites for hydroxylation is 1. The van der Waals surface area contributed by atoms with Gasteiger partial charge in [-0.25, -0.2) is 4.98 Å². The van der Waals surface area contributed by atoms with Crippen LogP contribution in [0.3, 0.4) is 0 Å². The minimum Gasteiger partial charge on any atom is -0.487 e. The fourth-order valence-corrected chi connectivity index (χ4v) is 4.09. The van der Waals surface area contributed by atoms with Gasteiger partial charge in [0.2, 0.25) is 5.91 Å². The minimum absolute atomic E-state index is 0.0300. The number of ether oxygens (including phenoxy) is 1. The first-order valence-electron chi connectivity index (χ1n) is 10.4. The average molecular weight is 435 g/mol. The summed E-state index contributed by atoms with van der Waals surface area (Å²) in [6.07, 6.45) is 5.30. The van der Waals surface area contributed by atoms with Gasteiger partial charge in [-0.1, -0.05) is 24.3 Å². The van der Waals surface area contributed by atoms with Crippen LogP contribution in [-0.2, 0) is 17.9 Å². The molecule has 1 aliphatic heterocycles. The zero-order valence-electron chi connectivity index (χ0n) is 17.6. The van der Waals surface area contributed by atoms with Crippen LogP contribution in [0.15, 0.2) is 60.1 Å². The lowest BCUT2D eigenvalue weighted by Gasteiger charge is -2.34. The third-order valence-corrected chi connectivity index (χ3v) is 5.98. The number of carbonyl (C=O) groups is 1. The van der Waals surface area contributed by atoms with Gasteiger partial charge < -0.3 is 9.64 Å². The van der Waals surface area contributed by atoms with E-state index in [0.717, 1.165) is 60.4 Å². The van der Waals surface area contributed by atoms with Crippen molar-refractivity contribution >= 4 is 23.3 Å². The second-order valence-corrected chi connectivity index (χ2v) is 8.50. The number of carbonyl (C=O) groups excluding carboxylic acids is 1. The van der Waals surface area contributed by atoms with Crippen LogP contribution in [0.25, 0.3) is 6.08 Å². The van der Waals surface area contributed by atoms with Crippen molar-refractivity contribution in [2.24, 2.45) is 0 Å². The summed E-state index contributed by atoms with van der Waals surface area (Å²) in [5, 5.41) is 3.03.